The topological polar surface area (TPSA) is 109 Å². The van der Waals surface area contributed by atoms with Crippen molar-refractivity contribution in [3.8, 4) is 11.6 Å². The summed E-state index contributed by atoms with van der Waals surface area (Å²) in [6, 6.07) is 4.55. The maximum absolute atomic E-state index is 11.8. The number of ether oxygens (including phenoxy) is 2. The number of pyridine rings is 1. The van der Waals surface area contributed by atoms with Crippen LogP contribution in [-0.2, 0) is 9.53 Å². The largest absolute Gasteiger partial charge is 0.856 e. The number of esters is 1. The standard InChI is InChI=1S/C15H17ClN4O4/c1-4-23-14(22)15(2,3)24-9-5-6-12(17-8-9)18-10-7-11(16)19-20-13(10)21/h5-8H,4H2,1-3H3,(H,20,21)(H,17,18,19)/p-1. The molecule has 2 aromatic heterocycles. The minimum absolute atomic E-state index is 0.0910. The fraction of sp³-hybridized carbons (Fsp3) is 0.333. The normalized spacial score (nSPS) is 11.0. The van der Waals surface area contributed by atoms with Gasteiger partial charge in [0.1, 0.15) is 11.6 Å². The Morgan fingerprint density at radius 2 is 2.12 bits per heavy atom. The van der Waals surface area contributed by atoms with E-state index in [1.54, 1.807) is 32.9 Å². The van der Waals surface area contributed by atoms with Crippen LogP contribution in [0.3, 0.4) is 0 Å². The number of aromatic nitrogens is 3. The number of nitrogens with zero attached hydrogens (tertiary/aromatic N) is 3. The Kier molecular flexibility index (Phi) is 5.40. The van der Waals surface area contributed by atoms with Crippen molar-refractivity contribution in [3.05, 3.63) is 29.5 Å². The molecule has 0 aliphatic heterocycles. The lowest BCUT2D eigenvalue weighted by Crippen LogP contribution is -2.39. The van der Waals surface area contributed by atoms with Crippen LogP contribution in [0.25, 0.3) is 0 Å². The van der Waals surface area contributed by atoms with Crippen molar-refractivity contribution in [2.75, 3.05) is 11.9 Å². The van der Waals surface area contributed by atoms with E-state index in [-0.39, 0.29) is 17.4 Å². The second kappa shape index (κ2) is 7.31. The average Bonchev–Trinajstić information content (AvgIpc) is 2.53. The van der Waals surface area contributed by atoms with Gasteiger partial charge in [-0.3, -0.25) is 0 Å². The molecule has 1 N–H and O–H groups in total. The van der Waals surface area contributed by atoms with Gasteiger partial charge < -0.3 is 19.9 Å². The third-order valence-electron chi connectivity index (χ3n) is 2.87. The number of nitrogens with one attached hydrogen (secondary N) is 1. The van der Waals surface area contributed by atoms with Crippen LogP contribution < -0.4 is 15.2 Å². The molecule has 0 atom stereocenters. The first-order valence-electron chi connectivity index (χ1n) is 7.11. The van der Waals surface area contributed by atoms with Crippen LogP contribution >= 0.6 is 11.6 Å². The molecule has 2 rings (SSSR count). The van der Waals surface area contributed by atoms with Crippen molar-refractivity contribution in [1.82, 2.24) is 15.2 Å². The van der Waals surface area contributed by atoms with Crippen LogP contribution in [0.5, 0.6) is 11.6 Å². The summed E-state index contributed by atoms with van der Waals surface area (Å²) in [7, 11) is 0. The molecule has 0 aliphatic carbocycles. The Hall–Kier alpha value is -2.61. The monoisotopic (exact) mass is 351 g/mol. The van der Waals surface area contributed by atoms with E-state index in [4.69, 9.17) is 21.1 Å². The first-order chi connectivity index (χ1) is 11.3. The predicted octanol–water partition coefficient (Wildman–Crippen LogP) is 2.06. The number of anilines is 2. The summed E-state index contributed by atoms with van der Waals surface area (Å²) in [5, 5.41) is 21.3. The van der Waals surface area contributed by atoms with Crippen LogP contribution in [0.15, 0.2) is 24.4 Å². The minimum Gasteiger partial charge on any atom is -0.856 e. The molecule has 2 heterocycles. The lowest BCUT2D eigenvalue weighted by Gasteiger charge is -2.23. The summed E-state index contributed by atoms with van der Waals surface area (Å²) in [5.41, 5.74) is -0.986. The molecule has 0 saturated heterocycles. The van der Waals surface area contributed by atoms with E-state index in [1.807, 2.05) is 0 Å². The second-order valence-corrected chi connectivity index (χ2v) is 5.61. The van der Waals surface area contributed by atoms with Gasteiger partial charge in [0.15, 0.2) is 10.8 Å². The second-order valence-electron chi connectivity index (χ2n) is 5.22. The van der Waals surface area contributed by atoms with Gasteiger partial charge in [-0.2, -0.15) is 5.10 Å². The highest BCUT2D eigenvalue weighted by Crippen LogP contribution is 2.25. The van der Waals surface area contributed by atoms with Gasteiger partial charge in [0.05, 0.1) is 18.5 Å². The summed E-state index contributed by atoms with van der Waals surface area (Å²) in [5.74, 6) is -0.255. The Morgan fingerprint density at radius 3 is 2.75 bits per heavy atom. The van der Waals surface area contributed by atoms with Crippen LogP contribution in [0.1, 0.15) is 20.8 Å². The van der Waals surface area contributed by atoms with E-state index >= 15 is 0 Å². The van der Waals surface area contributed by atoms with Crippen LogP contribution in [0, 0.1) is 0 Å². The number of halogens is 1. The smallest absolute Gasteiger partial charge is 0.349 e. The van der Waals surface area contributed by atoms with Gasteiger partial charge in [0.25, 0.3) is 0 Å². The summed E-state index contributed by atoms with van der Waals surface area (Å²) in [6.07, 6.45) is 1.42. The van der Waals surface area contributed by atoms with E-state index in [0.29, 0.717) is 11.6 Å². The molecule has 0 radical (unpaired) electrons. The number of hydrogen-bond donors (Lipinski definition) is 1. The van der Waals surface area contributed by atoms with E-state index < -0.39 is 17.5 Å². The number of hydrogen-bond acceptors (Lipinski definition) is 8. The van der Waals surface area contributed by atoms with E-state index in [1.165, 1.54) is 12.3 Å². The van der Waals surface area contributed by atoms with Crippen molar-refractivity contribution >= 4 is 29.1 Å². The highest BCUT2D eigenvalue weighted by molar-refractivity contribution is 6.29. The Bertz CT molecular complexity index is 722. The fourth-order valence-corrected chi connectivity index (χ4v) is 1.89. The molecule has 0 bridgehead atoms. The molecule has 0 aliphatic rings. The molecule has 2 aromatic rings. The summed E-state index contributed by atoms with van der Waals surface area (Å²) < 4.78 is 10.5. The molecule has 24 heavy (non-hydrogen) atoms. The number of rotatable bonds is 6. The Morgan fingerprint density at radius 1 is 1.38 bits per heavy atom. The van der Waals surface area contributed by atoms with E-state index in [2.05, 4.69) is 20.5 Å². The first kappa shape index (κ1) is 17.7. The third-order valence-corrected chi connectivity index (χ3v) is 3.05. The van der Waals surface area contributed by atoms with Crippen LogP contribution in [0.2, 0.25) is 5.15 Å². The zero-order chi connectivity index (χ0) is 17.7. The lowest BCUT2D eigenvalue weighted by molar-refractivity contribution is -0.274. The average molecular weight is 352 g/mol. The molecule has 9 heteroatoms. The van der Waals surface area contributed by atoms with Gasteiger partial charge in [0, 0.05) is 11.9 Å². The summed E-state index contributed by atoms with van der Waals surface area (Å²) in [4.78, 5) is 15.9. The van der Waals surface area contributed by atoms with Gasteiger partial charge in [-0.25, -0.2) is 9.78 Å². The van der Waals surface area contributed by atoms with Crippen molar-refractivity contribution in [1.29, 1.82) is 0 Å². The maximum atomic E-state index is 11.8. The highest BCUT2D eigenvalue weighted by atomic mass is 35.5. The molecular weight excluding hydrogens is 336 g/mol. The molecule has 0 amide bonds. The molecule has 0 spiro atoms. The predicted molar refractivity (Wildman–Crippen MR) is 85.3 cm³/mol. The molecule has 8 nitrogen and oxygen atoms in total. The summed E-state index contributed by atoms with van der Waals surface area (Å²) >= 11 is 5.70. The van der Waals surface area contributed by atoms with E-state index in [0.717, 1.165) is 0 Å². The molecule has 0 unspecified atom stereocenters. The fourth-order valence-electron chi connectivity index (χ4n) is 1.74. The molecule has 0 saturated carbocycles. The zero-order valence-corrected chi connectivity index (χ0v) is 14.1. The SMILES string of the molecule is CCOC(=O)C(C)(C)Oc1ccc(Nc2cc(Cl)nnc2[O-])nc1. The molecule has 0 fully saturated rings. The van der Waals surface area contributed by atoms with Gasteiger partial charge in [-0.15, -0.1) is 5.10 Å². The summed E-state index contributed by atoms with van der Waals surface area (Å²) in [6.45, 7) is 5.20. The van der Waals surface area contributed by atoms with Crippen LogP contribution in [0.4, 0.5) is 11.5 Å². The van der Waals surface area contributed by atoms with Crippen molar-refractivity contribution < 1.29 is 19.4 Å². The van der Waals surface area contributed by atoms with Gasteiger partial charge >= 0.3 is 5.97 Å². The molecule has 0 aromatic carbocycles. The van der Waals surface area contributed by atoms with Crippen molar-refractivity contribution in [3.63, 3.8) is 0 Å². The first-order valence-corrected chi connectivity index (χ1v) is 7.49. The minimum atomic E-state index is -1.14. The van der Waals surface area contributed by atoms with Gasteiger partial charge in [-0.1, -0.05) is 11.6 Å². The zero-order valence-electron chi connectivity index (χ0n) is 13.4. The van der Waals surface area contributed by atoms with Crippen LogP contribution in [-0.4, -0.2) is 33.4 Å². The quantitative estimate of drug-likeness (QED) is 0.787. The lowest BCUT2D eigenvalue weighted by atomic mass is 10.1. The Balaban J connectivity index is 2.08. The third kappa shape index (κ3) is 4.45. The highest BCUT2D eigenvalue weighted by Gasteiger charge is 2.31. The van der Waals surface area contributed by atoms with Crippen molar-refractivity contribution in [2.45, 2.75) is 26.4 Å². The molecule has 128 valence electrons. The van der Waals surface area contributed by atoms with Gasteiger partial charge in [-0.05, 0) is 32.9 Å². The number of carbonyl (C=O) groups excluding carboxylic acids is 1. The Labute approximate surface area is 143 Å². The maximum Gasteiger partial charge on any atom is 0.349 e. The van der Waals surface area contributed by atoms with E-state index in [9.17, 15) is 9.90 Å². The number of carbonyl (C=O) groups is 1. The van der Waals surface area contributed by atoms with Gasteiger partial charge in [0.2, 0.25) is 0 Å². The molecular formula is C15H16ClN4O4-. The van der Waals surface area contributed by atoms with Crippen molar-refractivity contribution in [2.24, 2.45) is 0 Å².